The number of carbonyl (C=O) groups excluding carboxylic acids is 2. The molecular weight excluding hydrogens is 206 g/mol. The molecule has 3 N–H and O–H groups in total. The lowest BCUT2D eigenvalue weighted by Crippen LogP contribution is -2.40. The van der Waals surface area contributed by atoms with Gasteiger partial charge in [-0.3, -0.25) is 9.59 Å². The molecule has 0 spiro atoms. The molecular formula is C11H23N3O2. The third-order valence-corrected chi connectivity index (χ3v) is 2.38. The molecule has 0 aliphatic rings. The highest BCUT2D eigenvalue weighted by Crippen LogP contribution is 1.93. The molecule has 0 aromatic carbocycles. The molecule has 94 valence electrons. The first-order valence-electron chi connectivity index (χ1n) is 5.81. The van der Waals surface area contributed by atoms with Gasteiger partial charge >= 0.3 is 0 Å². The number of hydrogen-bond acceptors (Lipinski definition) is 3. The molecule has 0 bridgehead atoms. The van der Waals surface area contributed by atoms with Crippen molar-refractivity contribution >= 4 is 11.8 Å². The molecule has 0 rings (SSSR count). The Morgan fingerprint density at radius 3 is 2.31 bits per heavy atom. The van der Waals surface area contributed by atoms with Crippen molar-refractivity contribution < 1.29 is 9.59 Å². The van der Waals surface area contributed by atoms with Gasteiger partial charge in [0.1, 0.15) is 0 Å². The molecule has 2 amide bonds. The molecule has 0 aromatic heterocycles. The van der Waals surface area contributed by atoms with Crippen LogP contribution in [-0.4, -0.2) is 42.4 Å². The minimum absolute atomic E-state index is 0.0178. The van der Waals surface area contributed by atoms with Gasteiger partial charge < -0.3 is 16.0 Å². The number of amides is 2. The van der Waals surface area contributed by atoms with Crippen LogP contribution in [0.3, 0.4) is 0 Å². The number of nitrogens with zero attached hydrogens (tertiary/aromatic N) is 1. The van der Waals surface area contributed by atoms with Gasteiger partial charge in [-0.1, -0.05) is 0 Å². The molecule has 0 aliphatic carbocycles. The monoisotopic (exact) mass is 229 g/mol. The second kappa shape index (κ2) is 8.10. The average molecular weight is 229 g/mol. The fraction of sp³-hybridized carbons (Fsp3) is 0.818. The maximum atomic E-state index is 11.5. The smallest absolute Gasteiger partial charge is 0.241 e. The van der Waals surface area contributed by atoms with Crippen molar-refractivity contribution in [3.63, 3.8) is 0 Å². The number of likely N-dealkylation sites (N-methyl/N-ethyl adjacent to an activating group) is 1. The van der Waals surface area contributed by atoms with Crippen molar-refractivity contribution in [3.05, 3.63) is 0 Å². The summed E-state index contributed by atoms with van der Waals surface area (Å²) in [5.41, 5.74) is 5.53. The summed E-state index contributed by atoms with van der Waals surface area (Å²) in [4.78, 5) is 24.5. The van der Waals surface area contributed by atoms with E-state index in [4.69, 9.17) is 5.73 Å². The maximum Gasteiger partial charge on any atom is 0.241 e. The number of hydrogen-bond donors (Lipinski definition) is 2. The topological polar surface area (TPSA) is 75.4 Å². The molecule has 0 heterocycles. The Labute approximate surface area is 97.4 Å². The van der Waals surface area contributed by atoms with Gasteiger partial charge in [0.2, 0.25) is 11.8 Å². The van der Waals surface area contributed by atoms with Crippen LogP contribution in [0.5, 0.6) is 0 Å². The molecule has 0 radical (unpaired) electrons. The maximum absolute atomic E-state index is 11.5. The highest BCUT2D eigenvalue weighted by Gasteiger charge is 2.10. The normalized spacial score (nSPS) is 12.0. The van der Waals surface area contributed by atoms with Crippen LogP contribution in [0.25, 0.3) is 0 Å². The minimum atomic E-state index is -0.113. The van der Waals surface area contributed by atoms with E-state index < -0.39 is 0 Å². The van der Waals surface area contributed by atoms with Crippen LogP contribution >= 0.6 is 0 Å². The predicted octanol–water partition coefficient (Wildman–Crippen LogP) is 0.0984. The van der Waals surface area contributed by atoms with Crippen LogP contribution in [0.1, 0.15) is 33.6 Å². The molecule has 0 fully saturated rings. The Hall–Kier alpha value is -1.10. The van der Waals surface area contributed by atoms with Gasteiger partial charge in [0, 0.05) is 25.6 Å². The summed E-state index contributed by atoms with van der Waals surface area (Å²) in [7, 11) is 0. The summed E-state index contributed by atoms with van der Waals surface area (Å²) in [6, 6.07) is 0.0178. The van der Waals surface area contributed by atoms with Crippen molar-refractivity contribution in [3.8, 4) is 0 Å². The van der Waals surface area contributed by atoms with Crippen molar-refractivity contribution in [2.75, 3.05) is 19.6 Å². The van der Waals surface area contributed by atoms with Gasteiger partial charge in [-0.05, 0) is 27.2 Å². The standard InChI is InChI=1S/C11H23N3O2/c1-4-14(5-2)11(16)8-13-10(15)7-6-9(3)12/h9H,4-8,12H2,1-3H3,(H,13,15). The van der Waals surface area contributed by atoms with E-state index in [0.29, 0.717) is 25.9 Å². The second-order valence-corrected chi connectivity index (χ2v) is 3.86. The van der Waals surface area contributed by atoms with Crippen LogP contribution < -0.4 is 11.1 Å². The zero-order chi connectivity index (χ0) is 12.6. The summed E-state index contributed by atoms with van der Waals surface area (Å²) in [5.74, 6) is -0.156. The van der Waals surface area contributed by atoms with Gasteiger partial charge in [0.05, 0.1) is 6.54 Å². The molecule has 0 saturated heterocycles. The zero-order valence-corrected chi connectivity index (χ0v) is 10.5. The van der Waals surface area contributed by atoms with Crippen LogP contribution in [0.15, 0.2) is 0 Å². The fourth-order valence-electron chi connectivity index (χ4n) is 1.31. The fourth-order valence-corrected chi connectivity index (χ4v) is 1.31. The lowest BCUT2D eigenvalue weighted by Gasteiger charge is -2.18. The Morgan fingerprint density at radius 2 is 1.88 bits per heavy atom. The lowest BCUT2D eigenvalue weighted by atomic mass is 10.2. The van der Waals surface area contributed by atoms with Crippen molar-refractivity contribution in [2.24, 2.45) is 5.73 Å². The van der Waals surface area contributed by atoms with Gasteiger partial charge in [0.25, 0.3) is 0 Å². The van der Waals surface area contributed by atoms with Crippen LogP contribution in [0.2, 0.25) is 0 Å². The number of carbonyl (C=O) groups is 2. The number of rotatable bonds is 7. The molecule has 1 atom stereocenters. The highest BCUT2D eigenvalue weighted by atomic mass is 16.2. The minimum Gasteiger partial charge on any atom is -0.347 e. The van der Waals surface area contributed by atoms with Gasteiger partial charge in [-0.25, -0.2) is 0 Å². The molecule has 5 nitrogen and oxygen atoms in total. The van der Waals surface area contributed by atoms with E-state index in [-0.39, 0.29) is 24.4 Å². The van der Waals surface area contributed by atoms with Crippen LogP contribution in [-0.2, 0) is 9.59 Å². The Balaban J connectivity index is 3.78. The summed E-state index contributed by atoms with van der Waals surface area (Å²) in [5, 5.41) is 2.60. The van der Waals surface area contributed by atoms with Crippen molar-refractivity contribution in [1.29, 1.82) is 0 Å². The summed E-state index contributed by atoms with van der Waals surface area (Å²) in [6.45, 7) is 7.11. The number of nitrogens with two attached hydrogens (primary N) is 1. The summed E-state index contributed by atoms with van der Waals surface area (Å²) in [6.07, 6.45) is 1.02. The van der Waals surface area contributed by atoms with E-state index in [0.717, 1.165) is 0 Å². The number of nitrogens with one attached hydrogen (secondary N) is 1. The van der Waals surface area contributed by atoms with Crippen molar-refractivity contribution in [1.82, 2.24) is 10.2 Å². The van der Waals surface area contributed by atoms with E-state index in [2.05, 4.69) is 5.32 Å². The zero-order valence-electron chi connectivity index (χ0n) is 10.5. The SMILES string of the molecule is CCN(CC)C(=O)CNC(=O)CCC(C)N. The summed E-state index contributed by atoms with van der Waals surface area (Å²) >= 11 is 0. The largest absolute Gasteiger partial charge is 0.347 e. The van der Waals surface area contributed by atoms with E-state index in [9.17, 15) is 9.59 Å². The Bertz CT molecular complexity index is 225. The third-order valence-electron chi connectivity index (χ3n) is 2.38. The van der Waals surface area contributed by atoms with Crippen LogP contribution in [0.4, 0.5) is 0 Å². The summed E-state index contributed by atoms with van der Waals surface area (Å²) < 4.78 is 0. The molecule has 0 aliphatic heterocycles. The van der Waals surface area contributed by atoms with E-state index in [1.54, 1.807) is 4.90 Å². The predicted molar refractivity (Wildman–Crippen MR) is 63.8 cm³/mol. The van der Waals surface area contributed by atoms with E-state index in [1.165, 1.54) is 0 Å². The quantitative estimate of drug-likeness (QED) is 0.650. The molecule has 1 unspecified atom stereocenters. The Kier molecular flexibility index (Phi) is 7.54. The first-order chi connectivity index (χ1) is 7.51. The van der Waals surface area contributed by atoms with Gasteiger partial charge in [-0.15, -0.1) is 0 Å². The average Bonchev–Trinajstić information content (AvgIpc) is 2.25. The van der Waals surface area contributed by atoms with Crippen LogP contribution in [0, 0.1) is 0 Å². The van der Waals surface area contributed by atoms with Gasteiger partial charge in [-0.2, -0.15) is 0 Å². The molecule has 5 heteroatoms. The van der Waals surface area contributed by atoms with Crippen molar-refractivity contribution in [2.45, 2.75) is 39.7 Å². The molecule has 16 heavy (non-hydrogen) atoms. The van der Waals surface area contributed by atoms with E-state index >= 15 is 0 Å². The molecule has 0 saturated carbocycles. The lowest BCUT2D eigenvalue weighted by molar-refractivity contribution is -0.132. The third kappa shape index (κ3) is 6.40. The second-order valence-electron chi connectivity index (χ2n) is 3.86. The first-order valence-corrected chi connectivity index (χ1v) is 5.81. The first kappa shape index (κ1) is 14.9. The highest BCUT2D eigenvalue weighted by molar-refractivity contribution is 5.84. The van der Waals surface area contributed by atoms with E-state index in [1.807, 2.05) is 20.8 Å². The Morgan fingerprint density at radius 1 is 1.31 bits per heavy atom. The molecule has 0 aromatic rings. The van der Waals surface area contributed by atoms with Gasteiger partial charge in [0.15, 0.2) is 0 Å².